The van der Waals surface area contributed by atoms with Crippen LogP contribution in [-0.4, -0.2) is 82.8 Å². The summed E-state index contributed by atoms with van der Waals surface area (Å²) in [7, 11) is -2.46. The zero-order valence-electron chi connectivity index (χ0n) is 16.9. The van der Waals surface area contributed by atoms with E-state index in [1.807, 2.05) is 20.8 Å². The molecule has 1 aliphatic heterocycles. The third kappa shape index (κ3) is 9.75. The molecule has 0 spiro atoms. The molecule has 0 unspecified atom stereocenters. The van der Waals surface area contributed by atoms with Crippen molar-refractivity contribution in [1.82, 2.24) is 9.80 Å². The maximum atomic E-state index is 5.95. The van der Waals surface area contributed by atoms with Gasteiger partial charge in [0.25, 0.3) is 0 Å². The maximum Gasteiger partial charge on any atom is 0.500 e. The Balaban J connectivity index is 2.24. The molecule has 1 fully saturated rings. The highest BCUT2D eigenvalue weighted by Gasteiger charge is 2.39. The molecule has 0 bridgehead atoms. The Morgan fingerprint density at radius 1 is 0.800 bits per heavy atom. The summed E-state index contributed by atoms with van der Waals surface area (Å²) < 4.78 is 17.8. The third-order valence-electron chi connectivity index (χ3n) is 4.43. The van der Waals surface area contributed by atoms with E-state index in [0.717, 1.165) is 19.0 Å². The molecule has 25 heavy (non-hydrogen) atoms. The number of rotatable bonds is 15. The average Bonchev–Trinajstić information content (AvgIpc) is 2.61. The zero-order valence-corrected chi connectivity index (χ0v) is 18.7. The van der Waals surface area contributed by atoms with Gasteiger partial charge in [-0.2, -0.15) is 0 Å². The van der Waals surface area contributed by atoms with Gasteiger partial charge in [0.05, 0.1) is 0 Å². The van der Waals surface area contributed by atoms with Crippen molar-refractivity contribution in [2.24, 2.45) is 0 Å². The number of piperazine rings is 1. The lowest BCUT2D eigenvalue weighted by Gasteiger charge is -2.35. The summed E-state index contributed by atoms with van der Waals surface area (Å²) in [6.07, 6.45) is 3.74. The van der Waals surface area contributed by atoms with E-state index in [1.165, 1.54) is 50.7 Å². The van der Waals surface area contributed by atoms with E-state index >= 15 is 0 Å². The van der Waals surface area contributed by atoms with Crippen LogP contribution in [0.3, 0.4) is 0 Å². The molecule has 1 heterocycles. The minimum atomic E-state index is -2.46. The third-order valence-corrected chi connectivity index (χ3v) is 8.71. The van der Waals surface area contributed by atoms with Crippen molar-refractivity contribution in [2.45, 2.75) is 53.0 Å². The number of unbranched alkanes of at least 4 members (excludes halogenated alkanes) is 1. The highest BCUT2D eigenvalue weighted by Crippen LogP contribution is 2.19. The van der Waals surface area contributed by atoms with E-state index in [2.05, 4.69) is 28.5 Å². The first-order valence-corrected chi connectivity index (χ1v) is 13.2. The highest BCUT2D eigenvalue weighted by molar-refractivity contribution is 7.99. The lowest BCUT2D eigenvalue weighted by molar-refractivity contribution is 0.0690. The second kappa shape index (κ2) is 14.4. The van der Waals surface area contributed by atoms with Crippen LogP contribution >= 0.6 is 11.8 Å². The molecule has 0 aromatic rings. The first-order valence-electron chi connectivity index (χ1n) is 10.1. The predicted molar refractivity (Wildman–Crippen MR) is 110 cm³/mol. The molecule has 0 radical (unpaired) electrons. The molecule has 0 aromatic heterocycles. The predicted octanol–water partition coefficient (Wildman–Crippen LogP) is 3.53. The molecular formula is C18H40N2O3SSi. The van der Waals surface area contributed by atoms with Crippen molar-refractivity contribution in [3.8, 4) is 0 Å². The van der Waals surface area contributed by atoms with E-state index in [4.69, 9.17) is 13.3 Å². The smallest absolute Gasteiger partial charge is 0.374 e. The molecule has 0 atom stereocenters. The van der Waals surface area contributed by atoms with Crippen molar-refractivity contribution in [2.75, 3.05) is 64.2 Å². The quantitative estimate of drug-likeness (QED) is 0.313. The standard InChI is InChI=1S/C18H40N2O3SSi/c1-5-9-16-24-18-20-14-12-19(13-15-20)11-10-17-25(21-6-2,22-7-3)23-8-4/h5-18H2,1-4H3. The van der Waals surface area contributed by atoms with Gasteiger partial charge in [-0.1, -0.05) is 13.3 Å². The lowest BCUT2D eigenvalue weighted by Crippen LogP contribution is -2.48. The van der Waals surface area contributed by atoms with Crippen LogP contribution in [-0.2, 0) is 13.3 Å². The van der Waals surface area contributed by atoms with Gasteiger partial charge in [-0.05, 0) is 45.9 Å². The van der Waals surface area contributed by atoms with Crippen LogP contribution in [0, 0.1) is 0 Å². The summed E-state index contributed by atoms with van der Waals surface area (Å²) >= 11 is 2.09. The molecule has 1 aliphatic rings. The Bertz CT molecular complexity index is 302. The van der Waals surface area contributed by atoms with Gasteiger partial charge in [0.15, 0.2) is 0 Å². The minimum absolute atomic E-state index is 0.667. The molecule has 1 saturated heterocycles. The van der Waals surface area contributed by atoms with Gasteiger partial charge in [0, 0.05) is 57.9 Å². The summed E-state index contributed by atoms with van der Waals surface area (Å²) in [5.41, 5.74) is 0. The SMILES string of the molecule is CCCCSCN1CCN(CCC[Si](OCC)(OCC)OCC)CC1. The Labute approximate surface area is 161 Å². The van der Waals surface area contributed by atoms with Crippen LogP contribution in [0.25, 0.3) is 0 Å². The number of hydrogen-bond acceptors (Lipinski definition) is 6. The molecule has 1 rings (SSSR count). The second-order valence-corrected chi connectivity index (χ2v) is 10.2. The summed E-state index contributed by atoms with van der Waals surface area (Å²) in [5.74, 6) is 2.50. The fraction of sp³-hybridized carbons (Fsp3) is 1.00. The number of thioether (sulfide) groups is 1. The van der Waals surface area contributed by atoms with Crippen molar-refractivity contribution >= 4 is 20.6 Å². The Kier molecular flexibility index (Phi) is 13.5. The van der Waals surface area contributed by atoms with Crippen LogP contribution in [0.15, 0.2) is 0 Å². The van der Waals surface area contributed by atoms with Gasteiger partial charge in [-0.3, -0.25) is 4.90 Å². The van der Waals surface area contributed by atoms with E-state index < -0.39 is 8.80 Å². The van der Waals surface area contributed by atoms with Crippen molar-refractivity contribution < 1.29 is 13.3 Å². The van der Waals surface area contributed by atoms with Gasteiger partial charge in [0.1, 0.15) is 0 Å². The molecule has 150 valence electrons. The van der Waals surface area contributed by atoms with Crippen LogP contribution in [0.4, 0.5) is 0 Å². The van der Waals surface area contributed by atoms with Gasteiger partial charge < -0.3 is 18.2 Å². The lowest BCUT2D eigenvalue weighted by atomic mass is 10.3. The zero-order chi connectivity index (χ0) is 18.4. The van der Waals surface area contributed by atoms with Crippen LogP contribution in [0.1, 0.15) is 47.0 Å². The van der Waals surface area contributed by atoms with Gasteiger partial charge in [-0.25, -0.2) is 0 Å². The van der Waals surface area contributed by atoms with E-state index in [1.54, 1.807) is 0 Å². The molecule has 0 aliphatic carbocycles. The first kappa shape index (κ1) is 23.4. The van der Waals surface area contributed by atoms with Crippen molar-refractivity contribution in [3.05, 3.63) is 0 Å². The van der Waals surface area contributed by atoms with Crippen LogP contribution in [0.5, 0.6) is 0 Å². The highest BCUT2D eigenvalue weighted by atomic mass is 32.2. The van der Waals surface area contributed by atoms with Crippen molar-refractivity contribution in [3.63, 3.8) is 0 Å². The topological polar surface area (TPSA) is 34.2 Å². The Morgan fingerprint density at radius 2 is 1.36 bits per heavy atom. The summed E-state index contributed by atoms with van der Waals surface area (Å²) in [6.45, 7) is 16.2. The van der Waals surface area contributed by atoms with Gasteiger partial charge >= 0.3 is 8.80 Å². The number of hydrogen-bond donors (Lipinski definition) is 0. The van der Waals surface area contributed by atoms with Gasteiger partial charge in [0.2, 0.25) is 0 Å². The molecular weight excluding hydrogens is 352 g/mol. The summed E-state index contributed by atoms with van der Waals surface area (Å²) in [6, 6.07) is 0.926. The van der Waals surface area contributed by atoms with E-state index in [0.29, 0.717) is 19.8 Å². The van der Waals surface area contributed by atoms with Gasteiger partial charge in [-0.15, -0.1) is 11.8 Å². The second-order valence-electron chi connectivity index (χ2n) is 6.44. The minimum Gasteiger partial charge on any atom is -0.374 e. The fourth-order valence-corrected chi connectivity index (χ4v) is 6.83. The molecule has 0 N–H and O–H groups in total. The monoisotopic (exact) mass is 392 g/mol. The fourth-order valence-electron chi connectivity index (χ4n) is 3.10. The van der Waals surface area contributed by atoms with Crippen LogP contribution < -0.4 is 0 Å². The first-order chi connectivity index (χ1) is 12.2. The summed E-state index contributed by atoms with van der Waals surface area (Å²) in [5, 5.41) is 0. The average molecular weight is 393 g/mol. The van der Waals surface area contributed by atoms with Crippen LogP contribution in [0.2, 0.25) is 6.04 Å². The molecule has 0 amide bonds. The molecule has 5 nitrogen and oxygen atoms in total. The van der Waals surface area contributed by atoms with E-state index in [-0.39, 0.29) is 0 Å². The Hall–Kier alpha value is 0.367. The molecule has 0 saturated carbocycles. The molecule has 0 aromatic carbocycles. The normalized spacial score (nSPS) is 17.3. The molecule has 7 heteroatoms. The van der Waals surface area contributed by atoms with Crippen molar-refractivity contribution in [1.29, 1.82) is 0 Å². The number of nitrogens with zero attached hydrogens (tertiary/aromatic N) is 2. The summed E-state index contributed by atoms with van der Waals surface area (Å²) in [4.78, 5) is 5.17. The Morgan fingerprint density at radius 3 is 1.88 bits per heavy atom. The maximum absolute atomic E-state index is 5.95. The largest absolute Gasteiger partial charge is 0.500 e. The van der Waals surface area contributed by atoms with E-state index in [9.17, 15) is 0 Å².